The molecule has 4 amide bonds. The molecule has 0 fully saturated rings. The number of rotatable bonds is 2. The summed E-state index contributed by atoms with van der Waals surface area (Å²) in [5, 5.41) is 4.61. The maximum atomic E-state index is 12.5. The Hall–Kier alpha value is -1.36. The summed E-state index contributed by atoms with van der Waals surface area (Å²) < 4.78 is 2.38. The van der Waals surface area contributed by atoms with Gasteiger partial charge in [0.25, 0.3) is 23.6 Å². The van der Waals surface area contributed by atoms with Crippen LogP contribution in [0.5, 0.6) is 0 Å². The maximum Gasteiger partial charge on any atom is 0.259 e. The maximum absolute atomic E-state index is 12.5. The first kappa shape index (κ1) is 19.9. The minimum atomic E-state index is -0.505. The number of amides is 4. The molecular weight excluding hydrogens is 628 g/mol. The van der Waals surface area contributed by atoms with Gasteiger partial charge >= 0.3 is 0 Å². The second kappa shape index (κ2) is 6.86. The van der Waals surface area contributed by atoms with Crippen LogP contribution in [0.25, 0.3) is 0 Å². The third-order valence-corrected chi connectivity index (χ3v) is 8.80. The van der Waals surface area contributed by atoms with Gasteiger partial charge in [-0.3, -0.25) is 29.8 Å². The summed E-state index contributed by atoms with van der Waals surface area (Å²) in [4.78, 5) is 49.3. The first-order valence-corrected chi connectivity index (χ1v) is 11.1. The van der Waals surface area contributed by atoms with E-state index in [-0.39, 0.29) is 22.3 Å². The second-order valence-electron chi connectivity index (χ2n) is 6.31. The molecule has 28 heavy (non-hydrogen) atoms. The molecule has 2 N–H and O–H groups in total. The third-order valence-electron chi connectivity index (χ3n) is 4.78. The van der Waals surface area contributed by atoms with Crippen molar-refractivity contribution in [2.45, 2.75) is 12.8 Å². The van der Waals surface area contributed by atoms with E-state index in [1.165, 1.54) is 0 Å². The van der Waals surface area contributed by atoms with Gasteiger partial charge in [0.05, 0.1) is 22.3 Å². The van der Waals surface area contributed by atoms with Gasteiger partial charge < -0.3 is 0 Å². The van der Waals surface area contributed by atoms with E-state index in [1.54, 1.807) is 12.1 Å². The number of halogens is 4. The summed E-state index contributed by atoms with van der Waals surface area (Å²) in [7, 11) is 0. The summed E-state index contributed by atoms with van der Waals surface area (Å²) in [6.45, 7) is 1.81. The van der Waals surface area contributed by atoms with E-state index in [1.807, 2.05) is 6.92 Å². The summed E-state index contributed by atoms with van der Waals surface area (Å²) in [6, 6.07) is 3.15. The van der Waals surface area contributed by atoms with Gasteiger partial charge in [-0.25, -0.2) is 0 Å². The van der Waals surface area contributed by atoms with Gasteiger partial charge in [0.1, 0.15) is 0 Å². The molecule has 2 aliphatic rings. The molecule has 2 heterocycles. The van der Waals surface area contributed by atoms with Crippen molar-refractivity contribution in [1.29, 1.82) is 0 Å². The van der Waals surface area contributed by atoms with E-state index in [4.69, 9.17) is 0 Å². The lowest BCUT2D eigenvalue weighted by Crippen LogP contribution is -2.21. The lowest BCUT2D eigenvalue weighted by molar-refractivity contribution is 0.0863. The predicted molar refractivity (Wildman–Crippen MR) is 115 cm³/mol. The SMILES string of the molecule is CC(c1c(Br)c(Br)cc2c1C(=O)NC2=O)c1c(Br)c(Br)cc2c1C(=O)NC2=O. The van der Waals surface area contributed by atoms with Gasteiger partial charge in [-0.15, -0.1) is 0 Å². The Bertz CT molecular complexity index is 1070. The summed E-state index contributed by atoms with van der Waals surface area (Å²) in [5.74, 6) is -2.47. The topological polar surface area (TPSA) is 92.3 Å². The number of nitrogens with one attached hydrogen (secondary N) is 2. The molecule has 2 aromatic rings. The van der Waals surface area contributed by atoms with Crippen LogP contribution in [-0.4, -0.2) is 23.6 Å². The van der Waals surface area contributed by atoms with Crippen LogP contribution < -0.4 is 10.6 Å². The van der Waals surface area contributed by atoms with E-state index < -0.39 is 29.5 Å². The normalized spacial score (nSPS) is 15.1. The predicted octanol–water partition coefficient (Wildman–Crippen LogP) is 4.66. The minimum Gasteiger partial charge on any atom is -0.288 e. The second-order valence-corrected chi connectivity index (χ2v) is 9.60. The Morgan fingerprint density at radius 1 is 0.679 bits per heavy atom. The largest absolute Gasteiger partial charge is 0.288 e. The first-order chi connectivity index (χ1) is 13.1. The Balaban J connectivity index is 2.06. The van der Waals surface area contributed by atoms with E-state index in [9.17, 15) is 19.2 Å². The van der Waals surface area contributed by atoms with Crippen molar-refractivity contribution >= 4 is 87.3 Å². The van der Waals surface area contributed by atoms with Gasteiger partial charge in [-0.2, -0.15) is 0 Å². The first-order valence-electron chi connectivity index (χ1n) is 7.88. The zero-order chi connectivity index (χ0) is 20.5. The average molecular weight is 636 g/mol. The molecule has 0 unspecified atom stereocenters. The molecule has 0 atom stereocenters. The van der Waals surface area contributed by atoms with Gasteiger partial charge in [0.2, 0.25) is 0 Å². The highest BCUT2D eigenvalue weighted by molar-refractivity contribution is 9.13. The van der Waals surface area contributed by atoms with Crippen LogP contribution in [0.3, 0.4) is 0 Å². The minimum absolute atomic E-state index is 0.248. The molecule has 142 valence electrons. The standard InChI is InChI=1S/C18H8Br4N2O4/c1-4(9-11-5(2-7(19)13(9)21)15(25)23-17(11)27)10-12-6(3-8(20)14(10)22)16(26)24-18(12)28/h2-4H,1H3,(H,23,25,27)(H,24,26,28). The molecule has 0 aliphatic carbocycles. The molecule has 0 radical (unpaired) electrons. The van der Waals surface area contributed by atoms with Crippen LogP contribution in [0, 0.1) is 0 Å². The van der Waals surface area contributed by atoms with E-state index in [2.05, 4.69) is 74.4 Å². The fourth-order valence-electron chi connectivity index (χ4n) is 3.56. The molecular formula is C18H8Br4N2O4. The van der Waals surface area contributed by atoms with Gasteiger partial charge in [-0.05, 0) is 87.0 Å². The van der Waals surface area contributed by atoms with Crippen LogP contribution in [-0.2, 0) is 0 Å². The quantitative estimate of drug-likeness (QED) is 0.470. The Morgan fingerprint density at radius 2 is 1.04 bits per heavy atom. The van der Waals surface area contributed by atoms with Crippen LogP contribution >= 0.6 is 63.7 Å². The van der Waals surface area contributed by atoms with Crippen molar-refractivity contribution < 1.29 is 19.2 Å². The summed E-state index contributed by atoms with van der Waals surface area (Å²) in [5.41, 5.74) is 2.09. The highest BCUT2D eigenvalue weighted by atomic mass is 79.9. The Kier molecular flexibility index (Phi) is 4.88. The van der Waals surface area contributed by atoms with Crippen LogP contribution in [0.1, 0.15) is 65.4 Å². The Labute approximate surface area is 192 Å². The van der Waals surface area contributed by atoms with Crippen molar-refractivity contribution in [3.05, 3.63) is 63.4 Å². The van der Waals surface area contributed by atoms with E-state index in [0.717, 1.165) is 0 Å². The van der Waals surface area contributed by atoms with Crippen molar-refractivity contribution in [1.82, 2.24) is 10.6 Å². The number of carbonyl (C=O) groups is 4. The Morgan fingerprint density at radius 3 is 1.39 bits per heavy atom. The molecule has 6 nitrogen and oxygen atoms in total. The van der Waals surface area contributed by atoms with Crippen molar-refractivity contribution in [3.8, 4) is 0 Å². The number of carbonyl (C=O) groups excluding carboxylic acids is 4. The van der Waals surface area contributed by atoms with Gasteiger partial charge in [0, 0.05) is 23.8 Å². The number of hydrogen-bond acceptors (Lipinski definition) is 4. The zero-order valence-electron chi connectivity index (χ0n) is 13.9. The van der Waals surface area contributed by atoms with Crippen molar-refractivity contribution in [2.75, 3.05) is 0 Å². The van der Waals surface area contributed by atoms with Gasteiger partial charge in [-0.1, -0.05) is 6.92 Å². The highest BCUT2D eigenvalue weighted by Gasteiger charge is 2.38. The van der Waals surface area contributed by atoms with Crippen LogP contribution in [0.4, 0.5) is 0 Å². The number of hydrogen-bond donors (Lipinski definition) is 2. The summed E-state index contributed by atoms with van der Waals surface area (Å²) >= 11 is 13.8. The fourth-order valence-corrected chi connectivity index (χ4v) is 5.76. The molecule has 0 saturated carbocycles. The molecule has 0 aromatic heterocycles. The molecule has 4 rings (SSSR count). The molecule has 0 spiro atoms. The molecule has 0 saturated heterocycles. The monoisotopic (exact) mass is 632 g/mol. The zero-order valence-corrected chi connectivity index (χ0v) is 20.2. The average Bonchev–Trinajstić information content (AvgIpc) is 3.05. The third kappa shape index (κ3) is 2.76. The van der Waals surface area contributed by atoms with Crippen LogP contribution in [0.15, 0.2) is 30.0 Å². The van der Waals surface area contributed by atoms with Crippen molar-refractivity contribution in [3.63, 3.8) is 0 Å². The van der Waals surface area contributed by atoms with E-state index in [0.29, 0.717) is 29.0 Å². The van der Waals surface area contributed by atoms with Crippen molar-refractivity contribution in [2.24, 2.45) is 0 Å². The number of benzene rings is 2. The number of fused-ring (bicyclic) bond motifs is 2. The summed E-state index contributed by atoms with van der Waals surface area (Å²) in [6.07, 6.45) is 0. The lowest BCUT2D eigenvalue weighted by atomic mass is 9.84. The molecule has 0 bridgehead atoms. The molecule has 2 aromatic carbocycles. The van der Waals surface area contributed by atoms with Crippen LogP contribution in [0.2, 0.25) is 0 Å². The molecule has 10 heteroatoms. The lowest BCUT2D eigenvalue weighted by Gasteiger charge is -2.22. The van der Waals surface area contributed by atoms with Gasteiger partial charge in [0.15, 0.2) is 0 Å². The van der Waals surface area contributed by atoms with E-state index >= 15 is 0 Å². The molecule has 2 aliphatic heterocycles. The highest BCUT2D eigenvalue weighted by Crippen LogP contribution is 2.46. The smallest absolute Gasteiger partial charge is 0.259 e. The number of imide groups is 2. The fraction of sp³-hybridized carbons (Fsp3) is 0.111.